The van der Waals surface area contributed by atoms with Crippen LogP contribution in [0.5, 0.6) is 0 Å². The Morgan fingerprint density at radius 2 is 1.84 bits per heavy atom. The molecule has 2 atom stereocenters. The molecule has 0 saturated carbocycles. The van der Waals surface area contributed by atoms with Crippen LogP contribution in [0, 0.1) is 5.92 Å². The van der Waals surface area contributed by atoms with Crippen LogP contribution in [-0.4, -0.2) is 58.0 Å². The van der Waals surface area contributed by atoms with Crippen molar-refractivity contribution in [1.29, 1.82) is 0 Å². The summed E-state index contributed by atoms with van der Waals surface area (Å²) in [5, 5.41) is 2.59. The number of likely N-dealkylation sites (tertiary alicyclic amines) is 1. The van der Waals surface area contributed by atoms with Crippen molar-refractivity contribution in [1.82, 2.24) is 0 Å². The summed E-state index contributed by atoms with van der Waals surface area (Å²) >= 11 is 0. The van der Waals surface area contributed by atoms with Crippen molar-refractivity contribution in [3.8, 4) is 0 Å². The van der Waals surface area contributed by atoms with Gasteiger partial charge in [0.05, 0.1) is 32.3 Å². The summed E-state index contributed by atoms with van der Waals surface area (Å²) in [4.78, 5) is 3.49. The van der Waals surface area contributed by atoms with Crippen LogP contribution in [0.4, 0.5) is 0 Å². The third-order valence-corrected chi connectivity index (χ3v) is 5.79. The lowest BCUT2D eigenvalue weighted by Gasteiger charge is -2.32. The summed E-state index contributed by atoms with van der Waals surface area (Å²) in [6.45, 7) is 14.3. The molecule has 2 heterocycles. The highest BCUT2D eigenvalue weighted by atomic mass is 16.5. The second-order valence-corrected chi connectivity index (χ2v) is 8.52. The predicted molar refractivity (Wildman–Crippen MR) is 101 cm³/mol. The van der Waals surface area contributed by atoms with Gasteiger partial charge in [-0.3, -0.25) is 0 Å². The number of rotatable bonds is 7. The van der Waals surface area contributed by atoms with E-state index in [1.54, 1.807) is 9.80 Å². The first-order valence-corrected chi connectivity index (χ1v) is 10.3. The van der Waals surface area contributed by atoms with E-state index in [-0.39, 0.29) is 0 Å². The van der Waals surface area contributed by atoms with Gasteiger partial charge >= 0.3 is 0 Å². The number of hydrogen-bond acceptors (Lipinski definition) is 1. The molecule has 2 fully saturated rings. The molecule has 3 rings (SSSR count). The number of nitrogens with two attached hydrogens (primary N) is 1. The molecule has 0 amide bonds. The molecule has 0 radical (unpaired) electrons. The molecule has 2 aliphatic rings. The molecular formula is C21H38N3O+3. The van der Waals surface area contributed by atoms with Crippen LogP contribution in [0.3, 0.4) is 0 Å². The molecule has 2 saturated heterocycles. The van der Waals surface area contributed by atoms with E-state index in [1.165, 1.54) is 57.7 Å². The van der Waals surface area contributed by atoms with Crippen LogP contribution in [0.1, 0.15) is 32.3 Å². The first-order valence-electron chi connectivity index (χ1n) is 10.3. The van der Waals surface area contributed by atoms with Crippen LogP contribution in [0.2, 0.25) is 0 Å². The van der Waals surface area contributed by atoms with E-state index in [9.17, 15) is 0 Å². The van der Waals surface area contributed by atoms with E-state index in [1.807, 2.05) is 0 Å². The lowest BCUT2D eigenvalue weighted by molar-refractivity contribution is -0.928. The Bertz CT molecular complexity index is 485. The van der Waals surface area contributed by atoms with Crippen molar-refractivity contribution >= 4 is 0 Å². The largest absolute Gasteiger partial charge is 0.361 e. The summed E-state index contributed by atoms with van der Waals surface area (Å²) < 4.78 is 6.02. The van der Waals surface area contributed by atoms with Crippen LogP contribution < -0.4 is 15.1 Å². The molecule has 0 spiro atoms. The minimum absolute atomic E-state index is 0.456. The van der Waals surface area contributed by atoms with E-state index in [0.717, 1.165) is 25.1 Å². The minimum Gasteiger partial charge on any atom is -0.361 e. The molecule has 0 aromatic heterocycles. The van der Waals surface area contributed by atoms with Gasteiger partial charge in [0, 0.05) is 24.3 Å². The standard InChI is InChI=1S/C21H35N3O/c1-18(2)15-24-12-13-25-21(17-24)14-22-20-8-10-23(11-9-20)16-19-6-4-3-5-7-19/h3-7,18,20-22H,8-17H2,1-2H3/p+3/t21-/m0/s1. The maximum Gasteiger partial charge on any atom is 0.155 e. The number of quaternary nitrogens is 3. The molecule has 4 N–H and O–H groups in total. The lowest BCUT2D eigenvalue weighted by atomic mass is 10.0. The maximum atomic E-state index is 6.02. The second-order valence-electron chi connectivity index (χ2n) is 8.52. The predicted octanol–water partition coefficient (Wildman–Crippen LogP) is -1.26. The highest BCUT2D eigenvalue weighted by molar-refractivity contribution is 5.13. The Labute approximate surface area is 153 Å². The van der Waals surface area contributed by atoms with Gasteiger partial charge in [0.15, 0.2) is 6.10 Å². The first kappa shape index (κ1) is 18.8. The van der Waals surface area contributed by atoms with Crippen molar-refractivity contribution in [3.63, 3.8) is 0 Å². The van der Waals surface area contributed by atoms with Gasteiger partial charge in [-0.15, -0.1) is 0 Å². The molecule has 2 aliphatic heterocycles. The van der Waals surface area contributed by atoms with Crippen LogP contribution in [0.15, 0.2) is 30.3 Å². The van der Waals surface area contributed by atoms with Crippen molar-refractivity contribution in [3.05, 3.63) is 35.9 Å². The fourth-order valence-corrected chi connectivity index (χ4v) is 4.46. The van der Waals surface area contributed by atoms with Crippen molar-refractivity contribution in [2.75, 3.05) is 45.9 Å². The summed E-state index contributed by atoms with van der Waals surface area (Å²) in [6.07, 6.45) is 3.15. The molecule has 140 valence electrons. The number of benzene rings is 1. The smallest absolute Gasteiger partial charge is 0.155 e. The minimum atomic E-state index is 0.456. The van der Waals surface area contributed by atoms with Gasteiger partial charge < -0.3 is 19.9 Å². The molecule has 0 bridgehead atoms. The van der Waals surface area contributed by atoms with Crippen LogP contribution in [-0.2, 0) is 11.3 Å². The van der Waals surface area contributed by atoms with Gasteiger partial charge in [-0.25, -0.2) is 0 Å². The SMILES string of the molecule is CC(C)C[NH+]1CCO[C@@H](C[NH2+]C2CC[NH+](Cc3ccccc3)CC2)C1. The van der Waals surface area contributed by atoms with Gasteiger partial charge in [0.2, 0.25) is 0 Å². The van der Waals surface area contributed by atoms with Gasteiger partial charge in [-0.2, -0.15) is 0 Å². The number of morpholine rings is 1. The van der Waals surface area contributed by atoms with Crippen molar-refractivity contribution < 1.29 is 19.9 Å². The van der Waals surface area contributed by atoms with E-state index < -0.39 is 0 Å². The molecule has 1 unspecified atom stereocenters. The molecule has 1 aromatic carbocycles. The molecule has 0 aliphatic carbocycles. The fraction of sp³-hybridized carbons (Fsp3) is 0.714. The van der Waals surface area contributed by atoms with Gasteiger partial charge in [-0.1, -0.05) is 44.2 Å². The average molecular weight is 349 g/mol. The van der Waals surface area contributed by atoms with E-state index in [4.69, 9.17) is 4.74 Å². The van der Waals surface area contributed by atoms with Gasteiger partial charge in [0.1, 0.15) is 26.2 Å². The summed E-state index contributed by atoms with van der Waals surface area (Å²) in [5.74, 6) is 0.787. The summed E-state index contributed by atoms with van der Waals surface area (Å²) in [7, 11) is 0. The zero-order valence-electron chi connectivity index (χ0n) is 16.2. The lowest BCUT2D eigenvalue weighted by Crippen LogP contribution is -3.16. The Balaban J connectivity index is 1.34. The van der Waals surface area contributed by atoms with E-state index >= 15 is 0 Å². The van der Waals surface area contributed by atoms with Gasteiger partial charge in [0.25, 0.3) is 0 Å². The average Bonchev–Trinajstić information content (AvgIpc) is 2.62. The zero-order valence-corrected chi connectivity index (χ0v) is 16.2. The molecule has 25 heavy (non-hydrogen) atoms. The zero-order chi connectivity index (χ0) is 17.5. The Hall–Kier alpha value is -0.940. The Morgan fingerprint density at radius 1 is 1.08 bits per heavy atom. The number of piperidine rings is 1. The monoisotopic (exact) mass is 348 g/mol. The second kappa shape index (κ2) is 9.67. The highest BCUT2D eigenvalue weighted by Gasteiger charge is 2.29. The third kappa shape index (κ3) is 6.37. The molecular weight excluding hydrogens is 310 g/mol. The maximum absolute atomic E-state index is 6.02. The fourth-order valence-electron chi connectivity index (χ4n) is 4.46. The molecule has 1 aromatic rings. The normalized spacial score (nSPS) is 30.5. The number of nitrogens with one attached hydrogen (secondary N) is 2. The molecule has 4 nitrogen and oxygen atoms in total. The molecule has 4 heteroatoms. The van der Waals surface area contributed by atoms with Crippen LogP contribution in [0.25, 0.3) is 0 Å². The van der Waals surface area contributed by atoms with E-state index in [2.05, 4.69) is 49.5 Å². The third-order valence-electron chi connectivity index (χ3n) is 5.79. The first-order chi connectivity index (χ1) is 12.2. The Kier molecular flexibility index (Phi) is 7.29. The van der Waals surface area contributed by atoms with E-state index in [0.29, 0.717) is 6.10 Å². The summed E-state index contributed by atoms with van der Waals surface area (Å²) in [5.41, 5.74) is 1.48. The number of ether oxygens (including phenoxy) is 1. The van der Waals surface area contributed by atoms with Crippen molar-refractivity contribution in [2.24, 2.45) is 5.92 Å². The van der Waals surface area contributed by atoms with Crippen LogP contribution >= 0.6 is 0 Å². The van der Waals surface area contributed by atoms with Crippen molar-refractivity contribution in [2.45, 2.75) is 45.4 Å². The topological polar surface area (TPSA) is 34.7 Å². The number of hydrogen-bond donors (Lipinski definition) is 3. The Morgan fingerprint density at radius 3 is 2.56 bits per heavy atom. The van der Waals surface area contributed by atoms with Gasteiger partial charge in [-0.05, 0) is 0 Å². The highest BCUT2D eigenvalue weighted by Crippen LogP contribution is 1.99. The quantitative estimate of drug-likeness (QED) is 0.565. The summed E-state index contributed by atoms with van der Waals surface area (Å²) in [6, 6.07) is 11.7.